The van der Waals surface area contributed by atoms with Crippen LogP contribution in [0.3, 0.4) is 0 Å². The van der Waals surface area contributed by atoms with E-state index in [4.69, 9.17) is 4.74 Å². The summed E-state index contributed by atoms with van der Waals surface area (Å²) < 4.78 is 5.79. The molecule has 3 heterocycles. The molecule has 2 aromatic rings. The van der Waals surface area contributed by atoms with Crippen LogP contribution in [0.5, 0.6) is 0 Å². The van der Waals surface area contributed by atoms with E-state index in [0.29, 0.717) is 16.7 Å². The number of hydrogen-bond donors (Lipinski definition) is 2. The minimum atomic E-state index is -0.530. The van der Waals surface area contributed by atoms with Crippen LogP contribution in [0.1, 0.15) is 18.5 Å². The number of fused-ring (bicyclic) bond motifs is 1. The van der Waals surface area contributed by atoms with Crippen molar-refractivity contribution in [2.24, 2.45) is 0 Å². The van der Waals surface area contributed by atoms with Gasteiger partial charge >= 0.3 is 7.05 Å². The topological polar surface area (TPSA) is 92.5 Å². The summed E-state index contributed by atoms with van der Waals surface area (Å²) >= 11 is 0. The zero-order chi connectivity index (χ0) is 16.4. The second kappa shape index (κ2) is 6.65. The van der Waals surface area contributed by atoms with Gasteiger partial charge in [0.2, 0.25) is 5.43 Å². The van der Waals surface area contributed by atoms with E-state index in [1.54, 1.807) is 32.1 Å². The second-order valence-corrected chi connectivity index (χ2v) is 5.64. The van der Waals surface area contributed by atoms with E-state index in [2.05, 4.69) is 15.5 Å². The quantitative estimate of drug-likeness (QED) is 0.599. The minimum absolute atomic E-state index is 0.122. The monoisotopic (exact) mass is 317 g/mol. The molecule has 2 aromatic heterocycles. The second-order valence-electron chi connectivity index (χ2n) is 5.64. The van der Waals surface area contributed by atoms with Crippen molar-refractivity contribution < 1.29 is 9.76 Å². The molecule has 1 aliphatic rings. The number of rotatable bonds is 5. The Balaban J connectivity index is 1.73. The molecule has 1 unspecified atom stereocenters. The van der Waals surface area contributed by atoms with Crippen LogP contribution in [-0.2, 0) is 4.74 Å². The first kappa shape index (κ1) is 15.9. The average Bonchev–Trinajstić information content (AvgIpc) is 3.01. The van der Waals surface area contributed by atoms with Crippen molar-refractivity contribution in [3.05, 3.63) is 34.2 Å². The SMILES string of the molecule is CB(O)N1CCCC1OCNn1nc(C)c(=O)c2cccnc21. The highest BCUT2D eigenvalue weighted by atomic mass is 16.5. The van der Waals surface area contributed by atoms with Crippen molar-refractivity contribution in [1.29, 1.82) is 0 Å². The van der Waals surface area contributed by atoms with Gasteiger partial charge in [-0.05, 0) is 45.3 Å². The number of nitrogens with zero attached hydrogens (tertiary/aromatic N) is 4. The van der Waals surface area contributed by atoms with Crippen LogP contribution in [0.15, 0.2) is 23.1 Å². The molecule has 3 rings (SSSR count). The molecule has 8 nitrogen and oxygen atoms in total. The molecule has 0 aromatic carbocycles. The Kier molecular flexibility index (Phi) is 4.60. The van der Waals surface area contributed by atoms with Crippen molar-refractivity contribution in [3.63, 3.8) is 0 Å². The van der Waals surface area contributed by atoms with Gasteiger partial charge in [0.05, 0.1) is 5.39 Å². The zero-order valence-electron chi connectivity index (χ0n) is 13.3. The highest BCUT2D eigenvalue weighted by Crippen LogP contribution is 2.18. The molecule has 0 radical (unpaired) electrons. The van der Waals surface area contributed by atoms with E-state index >= 15 is 0 Å². The number of aryl methyl sites for hydroxylation is 1. The lowest BCUT2D eigenvalue weighted by Crippen LogP contribution is -2.43. The van der Waals surface area contributed by atoms with E-state index < -0.39 is 7.05 Å². The molecule has 0 aliphatic carbocycles. The van der Waals surface area contributed by atoms with Gasteiger partial charge in [0, 0.05) is 6.20 Å². The Morgan fingerprint density at radius 2 is 2.39 bits per heavy atom. The molecule has 23 heavy (non-hydrogen) atoms. The molecular weight excluding hydrogens is 297 g/mol. The van der Waals surface area contributed by atoms with Crippen molar-refractivity contribution >= 4 is 18.1 Å². The molecule has 2 N–H and O–H groups in total. The Labute approximate surface area is 134 Å². The van der Waals surface area contributed by atoms with Gasteiger partial charge in [0.1, 0.15) is 18.7 Å². The summed E-state index contributed by atoms with van der Waals surface area (Å²) in [5, 5.41) is 14.4. The first-order valence-corrected chi connectivity index (χ1v) is 7.72. The van der Waals surface area contributed by atoms with Crippen LogP contribution in [0.2, 0.25) is 6.82 Å². The van der Waals surface area contributed by atoms with Crippen molar-refractivity contribution in [2.75, 3.05) is 18.7 Å². The molecule has 0 spiro atoms. The lowest BCUT2D eigenvalue weighted by Gasteiger charge is -2.25. The Hall–Kier alpha value is -1.97. The number of ether oxygens (including phenoxy) is 1. The highest BCUT2D eigenvalue weighted by molar-refractivity contribution is 6.45. The summed E-state index contributed by atoms with van der Waals surface area (Å²) in [4.78, 5) is 19.7. The molecule has 1 saturated heterocycles. The third-order valence-electron chi connectivity index (χ3n) is 4.02. The van der Waals surface area contributed by atoms with Gasteiger partial charge in [-0.3, -0.25) is 15.0 Å². The number of pyridine rings is 1. The van der Waals surface area contributed by atoms with Gasteiger partial charge in [0.25, 0.3) is 0 Å². The first-order valence-electron chi connectivity index (χ1n) is 7.72. The molecule has 9 heteroatoms. The van der Waals surface area contributed by atoms with Crippen LogP contribution < -0.4 is 10.9 Å². The summed E-state index contributed by atoms with van der Waals surface area (Å²) in [5.41, 5.74) is 3.75. The van der Waals surface area contributed by atoms with Gasteiger partial charge in [0.15, 0.2) is 5.65 Å². The summed E-state index contributed by atoms with van der Waals surface area (Å²) in [5.74, 6) is 0. The summed E-state index contributed by atoms with van der Waals surface area (Å²) in [6.45, 7) is 4.43. The molecular formula is C14H20BN5O3. The van der Waals surface area contributed by atoms with Crippen LogP contribution in [0.25, 0.3) is 11.0 Å². The van der Waals surface area contributed by atoms with E-state index in [1.807, 2.05) is 4.81 Å². The maximum Gasteiger partial charge on any atom is 0.378 e. The van der Waals surface area contributed by atoms with Crippen molar-refractivity contribution in [1.82, 2.24) is 19.7 Å². The normalized spacial score (nSPS) is 18.5. The summed E-state index contributed by atoms with van der Waals surface area (Å²) in [6, 6.07) is 3.45. The molecule has 0 amide bonds. The molecule has 0 bridgehead atoms. The lowest BCUT2D eigenvalue weighted by atomic mass is 9.85. The number of aromatic nitrogens is 3. The maximum atomic E-state index is 12.1. The number of hydrogen-bond acceptors (Lipinski definition) is 7. The van der Waals surface area contributed by atoms with Gasteiger partial charge in [-0.1, -0.05) is 0 Å². The van der Waals surface area contributed by atoms with Crippen molar-refractivity contribution in [2.45, 2.75) is 32.8 Å². The Morgan fingerprint density at radius 1 is 1.57 bits per heavy atom. The van der Waals surface area contributed by atoms with Gasteiger partial charge in [-0.15, -0.1) is 0 Å². The minimum Gasteiger partial charge on any atom is -0.437 e. The third-order valence-corrected chi connectivity index (χ3v) is 4.02. The van der Waals surface area contributed by atoms with Crippen molar-refractivity contribution in [3.8, 4) is 0 Å². The zero-order valence-corrected chi connectivity index (χ0v) is 13.3. The fourth-order valence-corrected chi connectivity index (χ4v) is 2.85. The van der Waals surface area contributed by atoms with Crippen LogP contribution in [-0.4, -0.2) is 51.3 Å². The highest BCUT2D eigenvalue weighted by Gasteiger charge is 2.30. The molecule has 0 saturated carbocycles. The van der Waals surface area contributed by atoms with Crippen LogP contribution in [0, 0.1) is 6.92 Å². The Morgan fingerprint density at radius 3 is 3.17 bits per heavy atom. The van der Waals surface area contributed by atoms with Gasteiger partial charge in [-0.2, -0.15) is 9.89 Å². The van der Waals surface area contributed by atoms with E-state index in [0.717, 1.165) is 19.4 Å². The predicted octanol–water partition coefficient (Wildman–Crippen LogP) is 0.150. The summed E-state index contributed by atoms with van der Waals surface area (Å²) in [6.07, 6.45) is 3.36. The molecule has 1 atom stereocenters. The predicted molar refractivity (Wildman–Crippen MR) is 87.4 cm³/mol. The third kappa shape index (κ3) is 3.21. The van der Waals surface area contributed by atoms with E-state index in [9.17, 15) is 9.82 Å². The van der Waals surface area contributed by atoms with Crippen LogP contribution >= 0.6 is 0 Å². The van der Waals surface area contributed by atoms with Gasteiger partial charge < -0.3 is 9.76 Å². The standard InChI is InChI=1S/C14H20BN5O3/c1-10-13(21)11-5-3-7-16-14(11)20(18-10)17-9-23-12-6-4-8-19(12)15(2)22/h3,5,7,12,17,22H,4,6,8-9H2,1-2H3. The first-order chi connectivity index (χ1) is 11.1. The average molecular weight is 317 g/mol. The number of nitrogens with one attached hydrogen (secondary N) is 1. The van der Waals surface area contributed by atoms with E-state index in [1.165, 1.54) is 4.79 Å². The molecule has 1 fully saturated rings. The smallest absolute Gasteiger partial charge is 0.378 e. The Bertz CT molecular complexity index is 751. The molecule has 1 aliphatic heterocycles. The summed E-state index contributed by atoms with van der Waals surface area (Å²) in [7, 11) is -0.530. The largest absolute Gasteiger partial charge is 0.437 e. The van der Waals surface area contributed by atoms with Crippen LogP contribution in [0.4, 0.5) is 0 Å². The lowest BCUT2D eigenvalue weighted by molar-refractivity contribution is -0.000208. The molecule has 122 valence electrons. The fraction of sp³-hybridized carbons (Fsp3) is 0.500. The van der Waals surface area contributed by atoms with Gasteiger partial charge in [-0.25, -0.2) is 4.98 Å². The maximum absolute atomic E-state index is 12.1. The fourth-order valence-electron chi connectivity index (χ4n) is 2.85. The van der Waals surface area contributed by atoms with E-state index in [-0.39, 0.29) is 18.4 Å².